The van der Waals surface area contributed by atoms with Crippen LogP contribution < -0.4 is 20.7 Å². The predicted molar refractivity (Wildman–Crippen MR) is 154 cm³/mol. The van der Waals surface area contributed by atoms with Crippen LogP contribution in [0.2, 0.25) is 0 Å². The van der Waals surface area contributed by atoms with Crippen molar-refractivity contribution in [1.82, 2.24) is 14.3 Å². The molecule has 3 aromatic rings. The van der Waals surface area contributed by atoms with Crippen LogP contribution in [0.3, 0.4) is 0 Å². The molecule has 0 aliphatic carbocycles. The number of ketones is 1. The Bertz CT molecular complexity index is 1630. The van der Waals surface area contributed by atoms with Crippen LogP contribution in [0.4, 0.5) is 35.4 Å². The van der Waals surface area contributed by atoms with Gasteiger partial charge in [0.1, 0.15) is 17.6 Å². The number of benzene rings is 2. The molecule has 1 aromatic heterocycles. The number of halogens is 2. The zero-order chi connectivity index (χ0) is 30.2. The number of anilines is 3. The molecule has 12 nitrogen and oxygen atoms in total. The Kier molecular flexibility index (Phi) is 7.77. The number of nitrogens with zero attached hydrogens (tertiary/aromatic N) is 5. The van der Waals surface area contributed by atoms with Crippen molar-refractivity contribution >= 4 is 45.9 Å². The number of morpholine rings is 1. The number of cyclic esters (lactones) is 1. The zero-order valence-corrected chi connectivity index (χ0v) is 23.7. The van der Waals surface area contributed by atoms with Crippen molar-refractivity contribution in [2.45, 2.75) is 39.0 Å². The Hall–Kier alpha value is -4.46. The van der Waals surface area contributed by atoms with Crippen LogP contribution in [0.5, 0.6) is 0 Å². The molecule has 3 amide bonds. The van der Waals surface area contributed by atoms with Gasteiger partial charge in [-0.1, -0.05) is 0 Å². The first-order chi connectivity index (χ1) is 20.7. The van der Waals surface area contributed by atoms with E-state index in [0.717, 1.165) is 17.0 Å². The van der Waals surface area contributed by atoms with Gasteiger partial charge in [0.05, 0.1) is 49.4 Å². The molecular weight excluding hydrogens is 566 g/mol. The van der Waals surface area contributed by atoms with Gasteiger partial charge in [-0.2, -0.15) is 0 Å². The molecule has 0 bridgehead atoms. The van der Waals surface area contributed by atoms with Gasteiger partial charge in [-0.25, -0.2) is 23.1 Å². The van der Waals surface area contributed by atoms with E-state index in [0.29, 0.717) is 49.3 Å². The second kappa shape index (κ2) is 11.7. The summed E-state index contributed by atoms with van der Waals surface area (Å²) >= 11 is 0. The molecule has 228 valence electrons. The lowest BCUT2D eigenvalue weighted by molar-refractivity contribution is -0.117. The fourth-order valence-corrected chi connectivity index (χ4v) is 5.84. The molecule has 14 heteroatoms. The summed E-state index contributed by atoms with van der Waals surface area (Å²) < 4.78 is 44.7. The maximum absolute atomic E-state index is 15.4. The molecular formula is C29H32F2N6O6. The summed E-state index contributed by atoms with van der Waals surface area (Å²) in [6.07, 6.45) is -0.666. The minimum Gasteiger partial charge on any atom is -0.444 e. The molecule has 6 rings (SSSR count). The van der Waals surface area contributed by atoms with Crippen molar-refractivity contribution in [3.8, 4) is 0 Å². The summed E-state index contributed by atoms with van der Waals surface area (Å²) in [5, 5.41) is 3.28. The average Bonchev–Trinajstić information content (AvgIpc) is 3.39. The highest BCUT2D eigenvalue weighted by Gasteiger charge is 2.34. The van der Waals surface area contributed by atoms with Gasteiger partial charge in [-0.3, -0.25) is 14.4 Å². The predicted octanol–water partition coefficient (Wildman–Crippen LogP) is 3.16. The zero-order valence-electron chi connectivity index (χ0n) is 23.7. The van der Waals surface area contributed by atoms with E-state index < -0.39 is 23.8 Å². The summed E-state index contributed by atoms with van der Waals surface area (Å²) in [5.41, 5.74) is 0.691. The Morgan fingerprint density at radius 3 is 2.35 bits per heavy atom. The topological polar surface area (TPSA) is 118 Å². The summed E-state index contributed by atoms with van der Waals surface area (Å²) in [6.45, 7) is 4.34. The first-order valence-corrected chi connectivity index (χ1v) is 14.3. The number of ether oxygens (including phenoxy) is 2. The summed E-state index contributed by atoms with van der Waals surface area (Å²) in [5.74, 6) is -1.70. The van der Waals surface area contributed by atoms with Crippen molar-refractivity contribution in [3.05, 3.63) is 52.3 Å². The number of Topliss-reactive ketones (excluding diaryl/α,β-unsaturated/α-hetero) is 1. The number of nitrogens with one attached hydrogen (secondary N) is 1. The standard InChI is InChI=1S/C29H32F2N6O6/c1-18(38)2-4-21-17-35(29(41)43-21)20-15-23(30)26(24(31)16-20)33-6-8-36-25-5-3-19(14-22(25)27(39)37(36)9-7-33)32-28(40)34-10-12-42-13-11-34/h3,5,14-16,21H,2,4,6-13,17H2,1H3,(H,32,40)/t21-/m0/s1. The molecule has 2 aromatic carbocycles. The highest BCUT2D eigenvalue weighted by atomic mass is 19.1. The molecule has 3 aliphatic heterocycles. The van der Waals surface area contributed by atoms with Gasteiger partial charge in [0.25, 0.3) is 5.56 Å². The van der Waals surface area contributed by atoms with Crippen LogP contribution in [-0.2, 0) is 27.4 Å². The average molecular weight is 599 g/mol. The molecule has 0 saturated carbocycles. The first-order valence-electron chi connectivity index (χ1n) is 14.3. The minimum atomic E-state index is -0.834. The lowest BCUT2D eigenvalue weighted by Gasteiger charge is -2.26. The number of hydrogen-bond acceptors (Lipinski definition) is 7. The molecule has 1 N–H and O–H groups in total. The van der Waals surface area contributed by atoms with Gasteiger partial charge >= 0.3 is 12.1 Å². The fourth-order valence-electron chi connectivity index (χ4n) is 5.84. The summed E-state index contributed by atoms with van der Waals surface area (Å²) in [4.78, 5) is 53.9. The molecule has 4 heterocycles. The number of aromatic nitrogens is 2. The number of amides is 3. The maximum atomic E-state index is 15.4. The molecule has 1 atom stereocenters. The van der Waals surface area contributed by atoms with E-state index in [4.69, 9.17) is 9.47 Å². The van der Waals surface area contributed by atoms with E-state index in [9.17, 15) is 19.2 Å². The van der Waals surface area contributed by atoms with Crippen molar-refractivity contribution in [1.29, 1.82) is 0 Å². The molecule has 2 saturated heterocycles. The van der Waals surface area contributed by atoms with Crippen LogP contribution in [-0.4, -0.2) is 84.2 Å². The largest absolute Gasteiger partial charge is 0.444 e. The highest BCUT2D eigenvalue weighted by molar-refractivity contribution is 5.93. The van der Waals surface area contributed by atoms with E-state index in [1.165, 1.54) is 6.92 Å². The van der Waals surface area contributed by atoms with Crippen LogP contribution in [0.1, 0.15) is 19.8 Å². The minimum absolute atomic E-state index is 0.0342. The maximum Gasteiger partial charge on any atom is 0.414 e. The van der Waals surface area contributed by atoms with Crippen LogP contribution in [0.15, 0.2) is 35.1 Å². The molecule has 3 aliphatic rings. The first kappa shape index (κ1) is 28.6. The number of rotatable bonds is 6. The van der Waals surface area contributed by atoms with E-state index in [1.807, 2.05) is 0 Å². The van der Waals surface area contributed by atoms with Crippen molar-refractivity contribution in [3.63, 3.8) is 0 Å². The van der Waals surface area contributed by atoms with Crippen LogP contribution >= 0.6 is 0 Å². The van der Waals surface area contributed by atoms with E-state index in [1.54, 1.807) is 37.4 Å². The number of hydrogen-bond donors (Lipinski definition) is 1. The Labute approximate surface area is 245 Å². The molecule has 43 heavy (non-hydrogen) atoms. The van der Waals surface area contributed by atoms with Gasteiger partial charge in [0.2, 0.25) is 0 Å². The normalized spacial score (nSPS) is 18.9. The van der Waals surface area contributed by atoms with E-state index in [-0.39, 0.29) is 67.9 Å². The lowest BCUT2D eigenvalue weighted by atomic mass is 10.1. The van der Waals surface area contributed by atoms with Crippen molar-refractivity contribution < 1.29 is 32.6 Å². The SMILES string of the molecule is CC(=O)CC[C@H]1CN(c2cc(F)c(N3CCn4c(=O)c5cc(NC(=O)N6CCOCC6)ccc5n4CC3)c(F)c2)C(=O)O1. The Morgan fingerprint density at radius 1 is 0.953 bits per heavy atom. The monoisotopic (exact) mass is 598 g/mol. The third-order valence-electron chi connectivity index (χ3n) is 8.07. The number of carbonyl (C=O) groups excluding carboxylic acids is 3. The molecule has 0 unspecified atom stereocenters. The Balaban J connectivity index is 1.17. The summed E-state index contributed by atoms with van der Waals surface area (Å²) in [6, 6.07) is 7.08. The fraction of sp³-hybridized carbons (Fsp3) is 0.448. The number of carbonyl (C=O) groups is 3. The van der Waals surface area contributed by atoms with Gasteiger partial charge in [0.15, 0.2) is 11.6 Å². The van der Waals surface area contributed by atoms with Crippen molar-refractivity contribution in [2.75, 3.05) is 61.1 Å². The van der Waals surface area contributed by atoms with Gasteiger partial charge in [-0.15, -0.1) is 0 Å². The second-order valence-electron chi connectivity index (χ2n) is 10.9. The van der Waals surface area contributed by atoms with Gasteiger partial charge < -0.3 is 29.4 Å². The lowest BCUT2D eigenvalue weighted by Crippen LogP contribution is -2.43. The molecule has 0 spiro atoms. The van der Waals surface area contributed by atoms with E-state index >= 15 is 8.78 Å². The number of fused-ring (bicyclic) bond motifs is 3. The van der Waals surface area contributed by atoms with Crippen LogP contribution in [0, 0.1) is 11.6 Å². The van der Waals surface area contributed by atoms with E-state index in [2.05, 4.69) is 5.32 Å². The van der Waals surface area contributed by atoms with Crippen LogP contribution in [0.25, 0.3) is 10.9 Å². The third kappa shape index (κ3) is 5.66. The van der Waals surface area contributed by atoms with Gasteiger partial charge in [-0.05, 0) is 31.5 Å². The second-order valence-corrected chi connectivity index (χ2v) is 10.9. The molecule has 2 fully saturated rings. The van der Waals surface area contributed by atoms with Gasteiger partial charge in [0, 0.05) is 50.4 Å². The quantitative estimate of drug-likeness (QED) is 0.463. The third-order valence-corrected chi connectivity index (χ3v) is 8.07. The molecule has 0 radical (unpaired) electrons. The smallest absolute Gasteiger partial charge is 0.414 e. The summed E-state index contributed by atoms with van der Waals surface area (Å²) in [7, 11) is 0. The van der Waals surface area contributed by atoms with Crippen molar-refractivity contribution in [2.24, 2.45) is 0 Å². The Morgan fingerprint density at radius 2 is 1.65 bits per heavy atom. The number of urea groups is 1. The highest BCUT2D eigenvalue weighted by Crippen LogP contribution is 2.32.